The van der Waals surface area contributed by atoms with Crippen molar-refractivity contribution in [3.05, 3.63) is 29.3 Å². The number of phenols is 1. The van der Waals surface area contributed by atoms with E-state index in [-0.39, 0.29) is 17.1 Å². The first kappa shape index (κ1) is 16.5. The molecule has 0 spiro atoms. The number of nitrogens with one attached hydrogen (secondary N) is 1. The SMILES string of the molecule is CCc1ccc(O)c(C(=O)NCC(C)(C)CC(C)O)c1. The zero-order chi connectivity index (χ0) is 15.3. The molecule has 1 rings (SSSR count). The number of aliphatic hydroxyl groups excluding tert-OH is 1. The van der Waals surface area contributed by atoms with E-state index in [2.05, 4.69) is 5.32 Å². The second-order valence-electron chi connectivity index (χ2n) is 6.11. The summed E-state index contributed by atoms with van der Waals surface area (Å²) in [6, 6.07) is 5.07. The van der Waals surface area contributed by atoms with E-state index in [1.54, 1.807) is 19.1 Å². The summed E-state index contributed by atoms with van der Waals surface area (Å²) < 4.78 is 0. The molecule has 0 radical (unpaired) electrons. The van der Waals surface area contributed by atoms with E-state index in [0.717, 1.165) is 12.0 Å². The van der Waals surface area contributed by atoms with Gasteiger partial charge in [-0.15, -0.1) is 0 Å². The van der Waals surface area contributed by atoms with Gasteiger partial charge in [0.2, 0.25) is 0 Å². The Labute approximate surface area is 120 Å². The molecule has 1 atom stereocenters. The lowest BCUT2D eigenvalue weighted by molar-refractivity contribution is 0.0899. The average Bonchev–Trinajstić information content (AvgIpc) is 2.35. The minimum absolute atomic E-state index is 0.00645. The smallest absolute Gasteiger partial charge is 0.255 e. The molecule has 0 saturated carbocycles. The van der Waals surface area contributed by atoms with Crippen LogP contribution in [-0.2, 0) is 6.42 Å². The summed E-state index contributed by atoms with van der Waals surface area (Å²) in [5, 5.41) is 22.0. The van der Waals surface area contributed by atoms with Crippen LogP contribution in [0.15, 0.2) is 18.2 Å². The molecule has 20 heavy (non-hydrogen) atoms. The van der Waals surface area contributed by atoms with Crippen LogP contribution in [0.4, 0.5) is 0 Å². The number of aliphatic hydroxyl groups is 1. The van der Waals surface area contributed by atoms with E-state index in [9.17, 15) is 15.0 Å². The van der Waals surface area contributed by atoms with Crippen molar-refractivity contribution in [3.63, 3.8) is 0 Å². The highest BCUT2D eigenvalue weighted by molar-refractivity contribution is 5.97. The Morgan fingerprint density at radius 3 is 2.60 bits per heavy atom. The summed E-state index contributed by atoms with van der Waals surface area (Å²) in [6.45, 7) is 8.16. The zero-order valence-corrected chi connectivity index (χ0v) is 12.7. The molecule has 0 saturated heterocycles. The van der Waals surface area contributed by atoms with Crippen LogP contribution in [0.1, 0.15) is 50.0 Å². The lowest BCUT2D eigenvalue weighted by atomic mass is 9.87. The highest BCUT2D eigenvalue weighted by Gasteiger charge is 2.22. The third-order valence-corrected chi connectivity index (χ3v) is 3.29. The molecule has 0 aromatic heterocycles. The second-order valence-corrected chi connectivity index (χ2v) is 6.11. The lowest BCUT2D eigenvalue weighted by Crippen LogP contribution is -2.35. The van der Waals surface area contributed by atoms with E-state index >= 15 is 0 Å². The van der Waals surface area contributed by atoms with Gasteiger partial charge in [0, 0.05) is 6.54 Å². The van der Waals surface area contributed by atoms with Crippen LogP contribution in [-0.4, -0.2) is 28.8 Å². The summed E-state index contributed by atoms with van der Waals surface area (Å²) in [5.41, 5.74) is 1.12. The maximum absolute atomic E-state index is 12.1. The van der Waals surface area contributed by atoms with Gasteiger partial charge < -0.3 is 15.5 Å². The van der Waals surface area contributed by atoms with Gasteiger partial charge in [0.15, 0.2) is 0 Å². The third-order valence-electron chi connectivity index (χ3n) is 3.29. The van der Waals surface area contributed by atoms with Gasteiger partial charge >= 0.3 is 0 Å². The topological polar surface area (TPSA) is 69.6 Å². The van der Waals surface area contributed by atoms with E-state index in [1.807, 2.05) is 26.8 Å². The van der Waals surface area contributed by atoms with Gasteiger partial charge in [-0.25, -0.2) is 0 Å². The van der Waals surface area contributed by atoms with Crippen molar-refractivity contribution in [3.8, 4) is 5.75 Å². The van der Waals surface area contributed by atoms with E-state index in [0.29, 0.717) is 18.5 Å². The molecule has 1 unspecified atom stereocenters. The standard InChI is InChI=1S/C16H25NO3/c1-5-12-6-7-14(19)13(8-12)15(20)17-10-16(3,4)9-11(2)18/h6-8,11,18-19H,5,9-10H2,1-4H3,(H,17,20). The minimum atomic E-state index is -0.404. The summed E-state index contributed by atoms with van der Waals surface area (Å²) in [7, 11) is 0. The van der Waals surface area contributed by atoms with Crippen molar-refractivity contribution in [1.82, 2.24) is 5.32 Å². The van der Waals surface area contributed by atoms with Gasteiger partial charge in [-0.2, -0.15) is 0 Å². The molecule has 0 aliphatic rings. The molecule has 0 aliphatic carbocycles. The molecule has 0 heterocycles. The zero-order valence-electron chi connectivity index (χ0n) is 12.7. The van der Waals surface area contributed by atoms with Gasteiger partial charge in [-0.05, 0) is 42.9 Å². The van der Waals surface area contributed by atoms with Crippen molar-refractivity contribution in [2.45, 2.75) is 46.6 Å². The summed E-state index contributed by atoms with van der Waals surface area (Å²) in [5.74, 6) is -0.287. The predicted octanol–water partition coefficient (Wildman–Crippen LogP) is 2.48. The Morgan fingerprint density at radius 1 is 1.40 bits per heavy atom. The number of aromatic hydroxyl groups is 1. The number of carbonyl (C=O) groups is 1. The van der Waals surface area contributed by atoms with Crippen LogP contribution in [0.25, 0.3) is 0 Å². The molecule has 0 aliphatic heterocycles. The van der Waals surface area contributed by atoms with E-state index in [4.69, 9.17) is 0 Å². The van der Waals surface area contributed by atoms with Crippen LogP contribution < -0.4 is 5.32 Å². The first-order chi connectivity index (χ1) is 9.25. The predicted molar refractivity (Wildman–Crippen MR) is 79.9 cm³/mol. The summed E-state index contributed by atoms with van der Waals surface area (Å²) in [4.78, 5) is 12.1. The van der Waals surface area contributed by atoms with Crippen molar-refractivity contribution in [2.24, 2.45) is 5.41 Å². The van der Waals surface area contributed by atoms with Crippen molar-refractivity contribution in [2.75, 3.05) is 6.54 Å². The van der Waals surface area contributed by atoms with Crippen LogP contribution in [0.2, 0.25) is 0 Å². The molecule has 1 amide bonds. The number of aryl methyl sites for hydroxylation is 1. The molecule has 1 aromatic rings. The van der Waals surface area contributed by atoms with Gasteiger partial charge in [-0.3, -0.25) is 4.79 Å². The Morgan fingerprint density at radius 2 is 2.05 bits per heavy atom. The highest BCUT2D eigenvalue weighted by atomic mass is 16.3. The molecular weight excluding hydrogens is 254 g/mol. The minimum Gasteiger partial charge on any atom is -0.507 e. The second kappa shape index (κ2) is 6.75. The van der Waals surface area contributed by atoms with Gasteiger partial charge in [0.05, 0.1) is 11.7 Å². The number of rotatable bonds is 6. The summed E-state index contributed by atoms with van der Waals surface area (Å²) in [6.07, 6.45) is 1.02. The normalized spacial score (nSPS) is 13.1. The molecule has 112 valence electrons. The van der Waals surface area contributed by atoms with E-state index < -0.39 is 6.10 Å². The largest absolute Gasteiger partial charge is 0.507 e. The Balaban J connectivity index is 2.72. The first-order valence-electron chi connectivity index (χ1n) is 7.03. The molecule has 4 nitrogen and oxygen atoms in total. The first-order valence-corrected chi connectivity index (χ1v) is 7.03. The lowest BCUT2D eigenvalue weighted by Gasteiger charge is -2.26. The highest BCUT2D eigenvalue weighted by Crippen LogP contribution is 2.22. The van der Waals surface area contributed by atoms with Crippen LogP contribution in [0.3, 0.4) is 0 Å². The Kier molecular flexibility index (Phi) is 5.57. The number of phenolic OH excluding ortho intramolecular Hbond substituents is 1. The summed E-state index contributed by atoms with van der Waals surface area (Å²) >= 11 is 0. The molecular formula is C16H25NO3. The number of carbonyl (C=O) groups excluding carboxylic acids is 1. The Bertz CT molecular complexity index is 467. The van der Waals surface area contributed by atoms with Crippen LogP contribution in [0.5, 0.6) is 5.75 Å². The molecule has 4 heteroatoms. The van der Waals surface area contributed by atoms with Crippen molar-refractivity contribution < 1.29 is 15.0 Å². The monoisotopic (exact) mass is 279 g/mol. The van der Waals surface area contributed by atoms with Gasteiger partial charge in [0.1, 0.15) is 5.75 Å². The number of benzene rings is 1. The fraction of sp³-hybridized carbons (Fsp3) is 0.562. The number of hydrogen-bond donors (Lipinski definition) is 3. The maximum Gasteiger partial charge on any atom is 0.255 e. The quantitative estimate of drug-likeness (QED) is 0.749. The molecule has 3 N–H and O–H groups in total. The maximum atomic E-state index is 12.1. The molecule has 0 fully saturated rings. The Hall–Kier alpha value is -1.55. The van der Waals surface area contributed by atoms with E-state index in [1.165, 1.54) is 0 Å². The van der Waals surface area contributed by atoms with Gasteiger partial charge in [0.25, 0.3) is 5.91 Å². The average molecular weight is 279 g/mol. The molecule has 1 aromatic carbocycles. The fourth-order valence-corrected chi connectivity index (χ4v) is 2.27. The van der Waals surface area contributed by atoms with Gasteiger partial charge in [-0.1, -0.05) is 26.8 Å². The number of amides is 1. The fourth-order valence-electron chi connectivity index (χ4n) is 2.27. The number of hydrogen-bond acceptors (Lipinski definition) is 3. The third kappa shape index (κ3) is 4.85. The van der Waals surface area contributed by atoms with Crippen LogP contribution in [0, 0.1) is 5.41 Å². The van der Waals surface area contributed by atoms with Crippen LogP contribution >= 0.6 is 0 Å². The van der Waals surface area contributed by atoms with Crippen molar-refractivity contribution >= 4 is 5.91 Å². The molecule has 0 bridgehead atoms. The van der Waals surface area contributed by atoms with Crippen molar-refractivity contribution in [1.29, 1.82) is 0 Å².